The van der Waals surface area contributed by atoms with Crippen molar-refractivity contribution in [3.8, 4) is 0 Å². The standard InChI is InChI=1S/2C12H24O2.C4H9.Sn/c2*1-2-3-4-5-6-7-8-9-10-11-12(13)14;1-3-4-2;/h2*2-11H2,1H3,(H,13,14);1,3-4H2,2H3;. The van der Waals surface area contributed by atoms with Crippen molar-refractivity contribution in [2.24, 2.45) is 0 Å². The van der Waals surface area contributed by atoms with Crippen LogP contribution in [0, 0.1) is 0 Å². The third-order valence-corrected chi connectivity index (χ3v) is 6.53. The molecule has 0 aliphatic carbocycles. The summed E-state index contributed by atoms with van der Waals surface area (Å²) in [6.45, 7) is 6.68. The van der Waals surface area contributed by atoms with Crippen LogP contribution in [-0.4, -0.2) is 44.7 Å². The average molecular weight is 576 g/mol. The average Bonchev–Trinajstić information content (AvgIpc) is 2.78. The molecule has 0 aromatic heterocycles. The third-order valence-electron chi connectivity index (χ3n) is 5.52. The zero-order valence-corrected chi connectivity index (χ0v) is 25.3. The molecule has 0 unspecified atom stereocenters. The predicted octanol–water partition coefficient (Wildman–Crippen LogP) is 9.36. The number of carboxylic acid groups (broad SMARTS) is 2. The molecule has 0 heterocycles. The number of unbranched alkanes of at least 4 members (excludes halogenated alkanes) is 17. The van der Waals surface area contributed by atoms with Gasteiger partial charge in [0.2, 0.25) is 0 Å². The summed E-state index contributed by atoms with van der Waals surface area (Å²) in [6, 6.07) is 0. The molecule has 0 fully saturated rings. The second-order valence-electron chi connectivity index (χ2n) is 9.05. The van der Waals surface area contributed by atoms with E-state index in [4.69, 9.17) is 10.2 Å². The van der Waals surface area contributed by atoms with Gasteiger partial charge in [-0.3, -0.25) is 9.59 Å². The van der Waals surface area contributed by atoms with Crippen LogP contribution in [0.15, 0.2) is 0 Å². The van der Waals surface area contributed by atoms with Gasteiger partial charge in [-0.1, -0.05) is 117 Å². The van der Waals surface area contributed by atoms with Gasteiger partial charge in [0.1, 0.15) is 0 Å². The van der Waals surface area contributed by atoms with Crippen molar-refractivity contribution in [3.63, 3.8) is 0 Å². The summed E-state index contributed by atoms with van der Waals surface area (Å²) in [5.74, 6) is -1.32. The van der Waals surface area contributed by atoms with Crippen LogP contribution in [0.3, 0.4) is 0 Å². The van der Waals surface area contributed by atoms with Crippen molar-refractivity contribution in [3.05, 3.63) is 0 Å². The molecule has 0 atom stereocenters. The quantitative estimate of drug-likeness (QED) is 0.0995. The Morgan fingerprint density at radius 2 is 0.697 bits per heavy atom. The Labute approximate surface area is 220 Å². The molecule has 0 aromatic carbocycles. The third kappa shape index (κ3) is 49.8. The zero-order chi connectivity index (χ0) is 25.4. The van der Waals surface area contributed by atoms with Crippen molar-refractivity contribution in [1.29, 1.82) is 0 Å². The van der Waals surface area contributed by atoms with Crippen LogP contribution < -0.4 is 0 Å². The van der Waals surface area contributed by atoms with E-state index < -0.39 is 11.9 Å². The summed E-state index contributed by atoms with van der Waals surface area (Å²) < 4.78 is 1.43. The fraction of sp³-hybridized carbons (Fsp3) is 0.929. The maximum atomic E-state index is 10.2. The first-order valence-corrected chi connectivity index (χ1v) is 16.1. The van der Waals surface area contributed by atoms with Crippen LogP contribution in [0.25, 0.3) is 0 Å². The van der Waals surface area contributed by atoms with Crippen molar-refractivity contribution < 1.29 is 19.8 Å². The van der Waals surface area contributed by atoms with E-state index in [1.54, 1.807) is 22.5 Å². The molecule has 4 nitrogen and oxygen atoms in total. The van der Waals surface area contributed by atoms with Crippen LogP contribution in [0.2, 0.25) is 4.44 Å². The minimum absolute atomic E-state index is 0.343. The van der Waals surface area contributed by atoms with E-state index in [0.717, 1.165) is 25.7 Å². The molecule has 197 valence electrons. The molecule has 0 aliphatic rings. The van der Waals surface area contributed by atoms with Crippen molar-refractivity contribution >= 4 is 34.5 Å². The number of carbonyl (C=O) groups is 2. The topological polar surface area (TPSA) is 74.6 Å². The van der Waals surface area contributed by atoms with Crippen LogP contribution >= 0.6 is 0 Å². The van der Waals surface area contributed by atoms with Crippen LogP contribution in [-0.2, 0) is 9.59 Å². The first-order chi connectivity index (χ1) is 16.0. The van der Waals surface area contributed by atoms with Gasteiger partial charge >= 0.3 is 58.7 Å². The first-order valence-electron chi connectivity index (χ1n) is 14.0. The maximum absolute atomic E-state index is 10.2. The Bertz CT molecular complexity index is 341. The molecule has 0 rings (SSSR count). The predicted molar refractivity (Wildman–Crippen MR) is 144 cm³/mol. The van der Waals surface area contributed by atoms with Gasteiger partial charge in [0, 0.05) is 12.8 Å². The Morgan fingerprint density at radius 1 is 0.455 bits per heavy atom. The normalized spacial score (nSPS) is 10.1. The first kappa shape index (κ1) is 37.3. The van der Waals surface area contributed by atoms with Crippen LogP contribution in [0.5, 0.6) is 0 Å². The number of aliphatic carboxylic acids is 2. The van der Waals surface area contributed by atoms with Gasteiger partial charge in [-0.15, -0.1) is 0 Å². The second kappa shape index (κ2) is 36.3. The summed E-state index contributed by atoms with van der Waals surface area (Å²) in [5, 5.41) is 16.8. The zero-order valence-electron chi connectivity index (χ0n) is 22.5. The van der Waals surface area contributed by atoms with E-state index >= 15 is 0 Å². The van der Waals surface area contributed by atoms with Gasteiger partial charge in [-0.2, -0.15) is 0 Å². The molecule has 0 aliphatic heterocycles. The van der Waals surface area contributed by atoms with E-state index in [2.05, 4.69) is 20.8 Å². The van der Waals surface area contributed by atoms with Crippen LogP contribution in [0.4, 0.5) is 0 Å². The van der Waals surface area contributed by atoms with Crippen molar-refractivity contribution in [2.45, 2.75) is 166 Å². The molecule has 0 saturated heterocycles. The van der Waals surface area contributed by atoms with Crippen molar-refractivity contribution in [2.75, 3.05) is 0 Å². The summed E-state index contributed by atoms with van der Waals surface area (Å²) in [6.07, 6.45) is 25.8. The molecular weight excluding hydrogens is 519 g/mol. The molecule has 33 heavy (non-hydrogen) atoms. The monoisotopic (exact) mass is 577 g/mol. The van der Waals surface area contributed by atoms with Gasteiger partial charge in [0.25, 0.3) is 0 Å². The van der Waals surface area contributed by atoms with Gasteiger partial charge in [-0.25, -0.2) is 0 Å². The van der Waals surface area contributed by atoms with E-state index in [1.165, 1.54) is 107 Å². The van der Waals surface area contributed by atoms with Crippen molar-refractivity contribution in [1.82, 2.24) is 0 Å². The molecule has 0 aromatic rings. The molecule has 3 radical (unpaired) electrons. The molecule has 0 bridgehead atoms. The Kier molecular flexibility index (Phi) is 41.0. The van der Waals surface area contributed by atoms with Gasteiger partial charge in [-0.05, 0) is 12.8 Å². The second-order valence-corrected chi connectivity index (χ2v) is 10.5. The van der Waals surface area contributed by atoms with E-state index in [1.807, 2.05) is 0 Å². The minimum atomic E-state index is -0.659. The van der Waals surface area contributed by atoms with Gasteiger partial charge < -0.3 is 10.2 Å². The molecule has 0 saturated carbocycles. The fourth-order valence-corrected chi connectivity index (χ4v) is 4.36. The van der Waals surface area contributed by atoms with E-state index in [-0.39, 0.29) is 0 Å². The number of rotatable bonds is 22. The Hall–Kier alpha value is -0.261. The molecule has 0 spiro atoms. The van der Waals surface area contributed by atoms with Gasteiger partial charge in [0.05, 0.1) is 0 Å². The number of carboxylic acids is 2. The Balaban J connectivity index is -0.000000453. The summed E-state index contributed by atoms with van der Waals surface area (Å²) in [5.41, 5.74) is 0. The molecule has 0 amide bonds. The summed E-state index contributed by atoms with van der Waals surface area (Å²) >= 11 is 1.68. The number of hydrogen-bond donors (Lipinski definition) is 2. The van der Waals surface area contributed by atoms with Gasteiger partial charge in [0.15, 0.2) is 0 Å². The number of hydrogen-bond acceptors (Lipinski definition) is 2. The molecule has 2 N–H and O–H groups in total. The van der Waals surface area contributed by atoms with E-state index in [9.17, 15) is 9.59 Å². The Morgan fingerprint density at radius 3 is 0.879 bits per heavy atom. The van der Waals surface area contributed by atoms with Crippen LogP contribution in [0.1, 0.15) is 162 Å². The summed E-state index contributed by atoms with van der Waals surface area (Å²) in [4.78, 5) is 20.4. The summed E-state index contributed by atoms with van der Waals surface area (Å²) in [7, 11) is 0. The van der Waals surface area contributed by atoms with E-state index in [0.29, 0.717) is 12.8 Å². The molecule has 5 heteroatoms. The SMILES string of the molecule is CCCCCCCCCCCC(=O)O.CCCCCCCCCCCC(=O)O.CCC[CH2][Sn]. The molecular formula is C28H57O4Sn. The fourth-order valence-electron chi connectivity index (χ4n) is 3.35.